The van der Waals surface area contributed by atoms with Crippen LogP contribution in [-0.2, 0) is 0 Å². The molecule has 1 fully saturated rings. The summed E-state index contributed by atoms with van der Waals surface area (Å²) in [6.07, 6.45) is 2.59. The summed E-state index contributed by atoms with van der Waals surface area (Å²) in [4.78, 5) is 2.40. The molecular weight excluding hydrogens is 200 g/mol. The molecule has 1 unspecified atom stereocenters. The zero-order valence-electron chi connectivity index (χ0n) is 11.3. The second-order valence-corrected chi connectivity index (χ2v) is 6.12. The zero-order chi connectivity index (χ0) is 12.2. The number of nitrogens with zero attached hydrogens (tertiary/aromatic N) is 1. The highest BCUT2D eigenvalue weighted by molar-refractivity contribution is 4.79. The van der Waals surface area contributed by atoms with Gasteiger partial charge in [-0.1, -0.05) is 13.8 Å². The summed E-state index contributed by atoms with van der Waals surface area (Å²) in [7, 11) is 0. The Morgan fingerprint density at radius 3 is 2.69 bits per heavy atom. The average molecular weight is 228 g/mol. The maximum absolute atomic E-state index is 9.82. The van der Waals surface area contributed by atoms with Crippen LogP contribution in [0.25, 0.3) is 0 Å². The van der Waals surface area contributed by atoms with Crippen LogP contribution in [0.1, 0.15) is 40.5 Å². The standard InChI is InChI=1S/C13H28N2O/c1-11(2)14-8-12-6-5-7-15(9-12)10-13(3,4)16/h11-12,14,16H,5-10H2,1-4H3. The quantitative estimate of drug-likeness (QED) is 0.748. The van der Waals surface area contributed by atoms with E-state index < -0.39 is 5.60 Å². The van der Waals surface area contributed by atoms with E-state index in [9.17, 15) is 5.11 Å². The van der Waals surface area contributed by atoms with Crippen molar-refractivity contribution in [3.05, 3.63) is 0 Å². The van der Waals surface area contributed by atoms with Gasteiger partial charge >= 0.3 is 0 Å². The zero-order valence-corrected chi connectivity index (χ0v) is 11.3. The highest BCUT2D eigenvalue weighted by atomic mass is 16.3. The Hall–Kier alpha value is -0.120. The van der Waals surface area contributed by atoms with Gasteiger partial charge in [-0.25, -0.2) is 0 Å². The predicted molar refractivity (Wildman–Crippen MR) is 68.6 cm³/mol. The van der Waals surface area contributed by atoms with Crippen molar-refractivity contribution in [3.8, 4) is 0 Å². The number of rotatable bonds is 5. The number of β-amino-alcohol motifs (C(OH)–C–C–N with tert-alkyl or cyclic N) is 1. The highest BCUT2D eigenvalue weighted by Gasteiger charge is 2.24. The van der Waals surface area contributed by atoms with E-state index in [-0.39, 0.29) is 0 Å². The van der Waals surface area contributed by atoms with Crippen molar-refractivity contribution in [3.63, 3.8) is 0 Å². The lowest BCUT2D eigenvalue weighted by atomic mass is 9.96. The lowest BCUT2D eigenvalue weighted by Crippen LogP contribution is -2.46. The van der Waals surface area contributed by atoms with Crippen LogP contribution in [0.15, 0.2) is 0 Å². The Balaban J connectivity index is 2.30. The van der Waals surface area contributed by atoms with Crippen LogP contribution < -0.4 is 5.32 Å². The summed E-state index contributed by atoms with van der Waals surface area (Å²) in [6.45, 7) is 12.3. The van der Waals surface area contributed by atoms with Crippen LogP contribution in [0.4, 0.5) is 0 Å². The average Bonchev–Trinajstić information content (AvgIpc) is 2.12. The third-order valence-electron chi connectivity index (χ3n) is 3.03. The Kier molecular flexibility index (Phi) is 5.22. The van der Waals surface area contributed by atoms with Crippen molar-refractivity contribution in [1.29, 1.82) is 0 Å². The lowest BCUT2D eigenvalue weighted by molar-refractivity contribution is 0.0215. The predicted octanol–water partition coefficient (Wildman–Crippen LogP) is 1.47. The van der Waals surface area contributed by atoms with Crippen molar-refractivity contribution in [2.24, 2.45) is 5.92 Å². The van der Waals surface area contributed by atoms with Gasteiger partial charge in [-0.3, -0.25) is 0 Å². The van der Waals surface area contributed by atoms with Crippen LogP contribution in [0.2, 0.25) is 0 Å². The van der Waals surface area contributed by atoms with E-state index in [2.05, 4.69) is 24.1 Å². The van der Waals surface area contributed by atoms with Gasteiger partial charge in [-0.15, -0.1) is 0 Å². The van der Waals surface area contributed by atoms with E-state index in [0.29, 0.717) is 6.04 Å². The molecule has 1 saturated heterocycles. The maximum Gasteiger partial charge on any atom is 0.0718 e. The number of hydrogen-bond donors (Lipinski definition) is 2. The lowest BCUT2D eigenvalue weighted by Gasteiger charge is -2.36. The third-order valence-corrected chi connectivity index (χ3v) is 3.03. The number of aliphatic hydroxyl groups is 1. The molecule has 1 heterocycles. The molecule has 2 N–H and O–H groups in total. The van der Waals surface area contributed by atoms with Gasteiger partial charge in [0.2, 0.25) is 0 Å². The van der Waals surface area contributed by atoms with E-state index in [1.807, 2.05) is 13.8 Å². The van der Waals surface area contributed by atoms with E-state index in [4.69, 9.17) is 0 Å². The third kappa shape index (κ3) is 5.83. The molecule has 0 spiro atoms. The topological polar surface area (TPSA) is 35.5 Å². The molecule has 0 bridgehead atoms. The van der Waals surface area contributed by atoms with E-state index in [1.54, 1.807) is 0 Å². The van der Waals surface area contributed by atoms with Gasteiger partial charge in [-0.2, -0.15) is 0 Å². The van der Waals surface area contributed by atoms with Crippen molar-refractivity contribution >= 4 is 0 Å². The van der Waals surface area contributed by atoms with E-state index in [1.165, 1.54) is 12.8 Å². The number of hydrogen-bond acceptors (Lipinski definition) is 3. The Morgan fingerprint density at radius 2 is 2.12 bits per heavy atom. The van der Waals surface area contributed by atoms with Crippen molar-refractivity contribution < 1.29 is 5.11 Å². The SMILES string of the molecule is CC(C)NCC1CCCN(CC(C)(C)O)C1. The first-order valence-electron chi connectivity index (χ1n) is 6.55. The fourth-order valence-electron chi connectivity index (χ4n) is 2.41. The Bertz CT molecular complexity index is 199. The first kappa shape index (κ1) is 13.9. The molecule has 16 heavy (non-hydrogen) atoms. The highest BCUT2D eigenvalue weighted by Crippen LogP contribution is 2.18. The van der Waals surface area contributed by atoms with Gasteiger partial charge in [0.25, 0.3) is 0 Å². The van der Waals surface area contributed by atoms with E-state index in [0.717, 1.165) is 32.1 Å². The monoisotopic (exact) mass is 228 g/mol. The second-order valence-electron chi connectivity index (χ2n) is 6.12. The number of likely N-dealkylation sites (tertiary alicyclic amines) is 1. The number of piperidine rings is 1. The minimum Gasteiger partial charge on any atom is -0.389 e. The normalized spacial score (nSPS) is 24.0. The smallest absolute Gasteiger partial charge is 0.0718 e. The molecule has 0 aromatic carbocycles. The van der Waals surface area contributed by atoms with Gasteiger partial charge in [0.1, 0.15) is 0 Å². The summed E-state index contributed by atoms with van der Waals surface area (Å²) in [5.41, 5.74) is -0.562. The summed E-state index contributed by atoms with van der Waals surface area (Å²) in [5.74, 6) is 0.749. The molecule has 0 aliphatic carbocycles. The first-order valence-corrected chi connectivity index (χ1v) is 6.55. The fourth-order valence-corrected chi connectivity index (χ4v) is 2.41. The van der Waals surface area contributed by atoms with Crippen LogP contribution in [0.3, 0.4) is 0 Å². The molecule has 96 valence electrons. The molecule has 0 aromatic heterocycles. The molecular formula is C13H28N2O. The molecule has 0 radical (unpaired) electrons. The van der Waals surface area contributed by atoms with Crippen LogP contribution >= 0.6 is 0 Å². The largest absolute Gasteiger partial charge is 0.389 e. The van der Waals surface area contributed by atoms with Crippen molar-refractivity contribution in [2.75, 3.05) is 26.2 Å². The summed E-state index contributed by atoms with van der Waals surface area (Å²) in [5, 5.41) is 13.3. The van der Waals surface area contributed by atoms with Crippen molar-refractivity contribution in [1.82, 2.24) is 10.2 Å². The molecule has 1 aliphatic heterocycles. The minimum absolute atomic E-state index is 0.562. The van der Waals surface area contributed by atoms with Gasteiger partial charge in [0, 0.05) is 19.1 Å². The van der Waals surface area contributed by atoms with Crippen LogP contribution in [0, 0.1) is 5.92 Å². The second kappa shape index (κ2) is 5.99. The molecule has 1 atom stereocenters. The van der Waals surface area contributed by atoms with Gasteiger partial charge in [0.05, 0.1) is 5.60 Å². The van der Waals surface area contributed by atoms with Gasteiger partial charge in [0.15, 0.2) is 0 Å². The minimum atomic E-state index is -0.562. The molecule has 1 rings (SSSR count). The summed E-state index contributed by atoms with van der Waals surface area (Å²) < 4.78 is 0. The van der Waals surface area contributed by atoms with Crippen LogP contribution in [-0.4, -0.2) is 47.8 Å². The molecule has 3 heteroatoms. The first-order chi connectivity index (χ1) is 7.37. The number of nitrogens with one attached hydrogen (secondary N) is 1. The molecule has 3 nitrogen and oxygen atoms in total. The van der Waals surface area contributed by atoms with Crippen LogP contribution in [0.5, 0.6) is 0 Å². The summed E-state index contributed by atoms with van der Waals surface area (Å²) in [6, 6.07) is 0.574. The summed E-state index contributed by atoms with van der Waals surface area (Å²) >= 11 is 0. The molecule has 0 saturated carbocycles. The van der Waals surface area contributed by atoms with Gasteiger partial charge < -0.3 is 15.3 Å². The maximum atomic E-state index is 9.82. The van der Waals surface area contributed by atoms with E-state index >= 15 is 0 Å². The van der Waals surface area contributed by atoms with Crippen molar-refractivity contribution in [2.45, 2.75) is 52.2 Å². The Labute approximate surface area is 100 Å². The molecule has 1 aliphatic rings. The van der Waals surface area contributed by atoms with Gasteiger partial charge in [-0.05, 0) is 45.7 Å². The fraction of sp³-hybridized carbons (Fsp3) is 1.00. The molecule has 0 aromatic rings. The molecule has 0 amide bonds. The Morgan fingerprint density at radius 1 is 1.44 bits per heavy atom.